The van der Waals surface area contributed by atoms with E-state index in [1.807, 2.05) is 13.8 Å². The van der Waals surface area contributed by atoms with Gasteiger partial charge in [-0.1, -0.05) is 19.9 Å². The standard InChI is InChI=1S/C17H29BO4/c1-12(2)11-20-15(19)13-7-9-14(10-8-13)18-21-16(3,4)17(5,6)22-18/h9,12-13H,7-8,10-11H2,1-6H3. The van der Waals surface area contributed by atoms with Gasteiger partial charge < -0.3 is 14.0 Å². The Morgan fingerprint density at radius 3 is 2.36 bits per heavy atom. The Kier molecular flexibility index (Phi) is 5.08. The summed E-state index contributed by atoms with van der Waals surface area (Å²) in [5.74, 6) is 0.284. The monoisotopic (exact) mass is 308 g/mol. The Morgan fingerprint density at radius 2 is 1.91 bits per heavy atom. The molecule has 2 aliphatic rings. The van der Waals surface area contributed by atoms with Crippen LogP contribution in [0.25, 0.3) is 0 Å². The molecule has 1 unspecified atom stereocenters. The summed E-state index contributed by atoms with van der Waals surface area (Å²) in [5, 5.41) is 0. The van der Waals surface area contributed by atoms with Crippen molar-refractivity contribution in [1.82, 2.24) is 0 Å². The van der Waals surface area contributed by atoms with Crippen molar-refractivity contribution in [1.29, 1.82) is 0 Å². The minimum atomic E-state index is -0.314. The molecule has 0 amide bonds. The van der Waals surface area contributed by atoms with Gasteiger partial charge in [0.15, 0.2) is 0 Å². The number of hydrogen-bond acceptors (Lipinski definition) is 4. The molecule has 0 aromatic heterocycles. The highest BCUT2D eigenvalue weighted by atomic mass is 16.7. The maximum Gasteiger partial charge on any atom is 0.490 e. The highest BCUT2D eigenvalue weighted by molar-refractivity contribution is 6.54. The lowest BCUT2D eigenvalue weighted by molar-refractivity contribution is -0.149. The first-order chi connectivity index (χ1) is 10.1. The minimum Gasteiger partial charge on any atom is -0.465 e. The van der Waals surface area contributed by atoms with Gasteiger partial charge >= 0.3 is 13.1 Å². The Labute approximate surface area is 134 Å². The SMILES string of the molecule is CC(C)COC(=O)C1CC=C(B2OC(C)(C)C(C)(C)O2)CC1. The highest BCUT2D eigenvalue weighted by Gasteiger charge is 2.52. The normalized spacial score (nSPS) is 27.0. The quantitative estimate of drug-likeness (QED) is 0.588. The van der Waals surface area contributed by atoms with Crippen molar-refractivity contribution in [3.8, 4) is 0 Å². The smallest absolute Gasteiger partial charge is 0.465 e. The molecule has 0 saturated carbocycles. The van der Waals surface area contributed by atoms with E-state index in [0.717, 1.165) is 24.7 Å². The van der Waals surface area contributed by atoms with Gasteiger partial charge in [0.1, 0.15) is 0 Å². The second-order valence-electron chi connectivity index (χ2n) is 7.86. The molecule has 1 aliphatic heterocycles. The topological polar surface area (TPSA) is 44.8 Å². The first-order valence-corrected chi connectivity index (χ1v) is 8.33. The van der Waals surface area contributed by atoms with E-state index in [1.165, 1.54) is 0 Å². The highest BCUT2D eigenvalue weighted by Crippen LogP contribution is 2.40. The molecule has 2 rings (SSSR count). The molecule has 1 atom stereocenters. The van der Waals surface area contributed by atoms with Crippen LogP contribution in [-0.2, 0) is 18.8 Å². The summed E-state index contributed by atoms with van der Waals surface area (Å²) in [7, 11) is -0.280. The molecule has 1 fully saturated rings. The summed E-state index contributed by atoms with van der Waals surface area (Å²) in [6, 6.07) is 0. The van der Waals surface area contributed by atoms with Gasteiger partial charge in [0.05, 0.1) is 23.7 Å². The summed E-state index contributed by atoms with van der Waals surface area (Å²) in [5.41, 5.74) is 0.531. The molecule has 0 aromatic carbocycles. The lowest BCUT2D eigenvalue weighted by Gasteiger charge is -2.32. The maximum atomic E-state index is 12.0. The Hall–Kier alpha value is -0.805. The van der Waals surface area contributed by atoms with Crippen molar-refractivity contribution in [2.75, 3.05) is 6.61 Å². The van der Waals surface area contributed by atoms with Crippen molar-refractivity contribution in [2.45, 2.75) is 72.0 Å². The fourth-order valence-electron chi connectivity index (χ4n) is 2.64. The van der Waals surface area contributed by atoms with E-state index >= 15 is 0 Å². The van der Waals surface area contributed by atoms with Crippen LogP contribution in [0.2, 0.25) is 0 Å². The Morgan fingerprint density at radius 1 is 1.32 bits per heavy atom. The van der Waals surface area contributed by atoms with Crippen molar-refractivity contribution in [3.63, 3.8) is 0 Å². The predicted octanol–water partition coefficient (Wildman–Crippen LogP) is 3.54. The van der Waals surface area contributed by atoms with Crippen LogP contribution in [-0.4, -0.2) is 30.9 Å². The second kappa shape index (κ2) is 6.36. The molecular weight excluding hydrogens is 279 g/mol. The predicted molar refractivity (Wildman–Crippen MR) is 87.3 cm³/mol. The molecule has 1 aliphatic carbocycles. The summed E-state index contributed by atoms with van der Waals surface area (Å²) in [6.45, 7) is 12.8. The van der Waals surface area contributed by atoms with Gasteiger partial charge in [-0.15, -0.1) is 0 Å². The maximum absolute atomic E-state index is 12.0. The average Bonchev–Trinajstić information content (AvgIpc) is 2.65. The number of ether oxygens (including phenoxy) is 1. The van der Waals surface area contributed by atoms with E-state index < -0.39 is 0 Å². The fourth-order valence-corrected chi connectivity index (χ4v) is 2.64. The average molecular weight is 308 g/mol. The molecule has 1 saturated heterocycles. The van der Waals surface area contributed by atoms with Crippen molar-refractivity contribution in [2.24, 2.45) is 11.8 Å². The van der Waals surface area contributed by atoms with Crippen LogP contribution in [0.4, 0.5) is 0 Å². The van der Waals surface area contributed by atoms with E-state index in [2.05, 4.69) is 33.8 Å². The number of hydrogen-bond donors (Lipinski definition) is 0. The molecule has 0 bridgehead atoms. The van der Waals surface area contributed by atoms with E-state index in [1.54, 1.807) is 0 Å². The molecule has 0 radical (unpaired) electrons. The second-order valence-corrected chi connectivity index (χ2v) is 7.86. The first-order valence-electron chi connectivity index (χ1n) is 8.33. The number of allylic oxidation sites excluding steroid dienone is 2. The van der Waals surface area contributed by atoms with Crippen LogP contribution < -0.4 is 0 Å². The van der Waals surface area contributed by atoms with E-state index in [4.69, 9.17) is 14.0 Å². The van der Waals surface area contributed by atoms with E-state index in [0.29, 0.717) is 12.5 Å². The number of carbonyl (C=O) groups excluding carboxylic acids is 1. The van der Waals surface area contributed by atoms with Crippen molar-refractivity contribution < 1.29 is 18.8 Å². The van der Waals surface area contributed by atoms with Crippen LogP contribution in [0.5, 0.6) is 0 Å². The van der Waals surface area contributed by atoms with Crippen molar-refractivity contribution >= 4 is 13.1 Å². The zero-order valence-corrected chi connectivity index (χ0v) is 14.8. The lowest BCUT2D eigenvalue weighted by atomic mass is 9.70. The van der Waals surface area contributed by atoms with Gasteiger partial charge in [0.2, 0.25) is 0 Å². The zero-order valence-electron chi connectivity index (χ0n) is 14.8. The Bertz CT molecular complexity index is 438. The van der Waals surface area contributed by atoms with Crippen molar-refractivity contribution in [3.05, 3.63) is 11.5 Å². The molecule has 0 aromatic rings. The molecule has 5 heteroatoms. The summed E-state index contributed by atoms with van der Waals surface area (Å²) in [4.78, 5) is 12.0. The molecular formula is C17H29BO4. The molecule has 22 heavy (non-hydrogen) atoms. The zero-order chi connectivity index (χ0) is 16.5. The van der Waals surface area contributed by atoms with Gasteiger partial charge in [-0.25, -0.2) is 0 Å². The lowest BCUT2D eigenvalue weighted by Crippen LogP contribution is -2.41. The van der Waals surface area contributed by atoms with Gasteiger partial charge in [0, 0.05) is 0 Å². The van der Waals surface area contributed by atoms with E-state index in [9.17, 15) is 4.79 Å². The third kappa shape index (κ3) is 3.74. The number of rotatable bonds is 4. The van der Waals surface area contributed by atoms with Crippen LogP contribution >= 0.6 is 0 Å². The minimum absolute atomic E-state index is 0.0232. The molecule has 124 valence electrons. The van der Waals surface area contributed by atoms with E-state index in [-0.39, 0.29) is 30.2 Å². The number of esters is 1. The molecule has 4 nitrogen and oxygen atoms in total. The largest absolute Gasteiger partial charge is 0.490 e. The number of carbonyl (C=O) groups is 1. The van der Waals surface area contributed by atoms with Gasteiger partial charge in [0.25, 0.3) is 0 Å². The van der Waals surface area contributed by atoms with Crippen LogP contribution in [0.1, 0.15) is 60.8 Å². The van der Waals surface area contributed by atoms with Crippen LogP contribution in [0, 0.1) is 11.8 Å². The van der Waals surface area contributed by atoms with Crippen LogP contribution in [0.3, 0.4) is 0 Å². The third-order valence-corrected chi connectivity index (χ3v) is 4.89. The van der Waals surface area contributed by atoms with Gasteiger partial charge in [-0.2, -0.15) is 0 Å². The third-order valence-electron chi connectivity index (χ3n) is 4.89. The van der Waals surface area contributed by atoms with Gasteiger partial charge in [-0.05, 0) is 58.3 Å². The molecule has 0 spiro atoms. The Balaban J connectivity index is 1.91. The van der Waals surface area contributed by atoms with Gasteiger partial charge in [-0.3, -0.25) is 4.79 Å². The molecule has 1 heterocycles. The first kappa shape index (κ1) is 17.5. The molecule has 0 N–H and O–H groups in total. The summed E-state index contributed by atoms with van der Waals surface area (Å²) >= 11 is 0. The summed E-state index contributed by atoms with van der Waals surface area (Å²) in [6.07, 6.45) is 4.47. The summed E-state index contributed by atoms with van der Waals surface area (Å²) < 4.78 is 17.5. The fraction of sp³-hybridized carbons (Fsp3) is 0.824. The van der Waals surface area contributed by atoms with Crippen LogP contribution in [0.15, 0.2) is 11.5 Å².